The lowest BCUT2D eigenvalue weighted by molar-refractivity contribution is 0.475. The number of nitrogens with zero attached hydrogens (tertiary/aromatic N) is 3. The smallest absolute Gasteiger partial charge is 0.151 e. The topological polar surface area (TPSA) is 50.9 Å². The molecule has 16 heavy (non-hydrogen) atoms. The van der Waals surface area contributed by atoms with Crippen LogP contribution < -0.4 is 0 Å². The average Bonchev–Trinajstić information content (AvgIpc) is 2.76. The number of hydrogen-bond acceptors (Lipinski definition) is 3. The zero-order valence-electron chi connectivity index (χ0n) is 9.30. The lowest BCUT2D eigenvalue weighted by atomic mass is 10.2. The van der Waals surface area contributed by atoms with Crippen molar-refractivity contribution in [2.75, 3.05) is 0 Å². The Balaban J connectivity index is 2.15. The molecule has 2 aromatic rings. The van der Waals surface area contributed by atoms with Crippen LogP contribution in [0.3, 0.4) is 0 Å². The number of phenols is 1. The van der Waals surface area contributed by atoms with E-state index in [9.17, 15) is 5.11 Å². The number of aromatic hydroxyl groups is 1. The second kappa shape index (κ2) is 4.79. The summed E-state index contributed by atoms with van der Waals surface area (Å²) in [7, 11) is 0. The molecule has 0 aliphatic rings. The van der Waals surface area contributed by atoms with Gasteiger partial charge in [0, 0.05) is 6.42 Å². The number of aromatic nitrogens is 3. The molecule has 0 bridgehead atoms. The van der Waals surface area contributed by atoms with E-state index in [1.165, 1.54) is 0 Å². The highest BCUT2D eigenvalue weighted by Gasteiger charge is 2.02. The molecule has 1 heterocycles. The van der Waals surface area contributed by atoms with Gasteiger partial charge >= 0.3 is 0 Å². The number of phenolic OH excluding ortho intramolecular Hbond substituents is 1. The maximum absolute atomic E-state index is 9.18. The number of aryl methyl sites for hydroxylation is 1. The summed E-state index contributed by atoms with van der Waals surface area (Å²) >= 11 is 0. The van der Waals surface area contributed by atoms with Crippen LogP contribution in [0, 0.1) is 0 Å². The van der Waals surface area contributed by atoms with E-state index in [0.29, 0.717) is 0 Å². The highest BCUT2D eigenvalue weighted by Crippen LogP contribution is 2.12. The molecular formula is C12H15N3O. The summed E-state index contributed by atoms with van der Waals surface area (Å²) in [5, 5.41) is 13.6. The number of benzene rings is 1. The van der Waals surface area contributed by atoms with Gasteiger partial charge in [-0.15, -0.1) is 0 Å². The molecule has 0 unspecified atom stereocenters. The fourth-order valence-corrected chi connectivity index (χ4v) is 1.48. The van der Waals surface area contributed by atoms with Crippen molar-refractivity contribution in [3.63, 3.8) is 0 Å². The van der Waals surface area contributed by atoms with Crippen LogP contribution in [0.5, 0.6) is 5.75 Å². The first-order valence-corrected chi connectivity index (χ1v) is 5.49. The minimum absolute atomic E-state index is 0.259. The van der Waals surface area contributed by atoms with E-state index in [-0.39, 0.29) is 5.75 Å². The molecule has 84 valence electrons. The van der Waals surface area contributed by atoms with Gasteiger partial charge in [0.2, 0.25) is 0 Å². The van der Waals surface area contributed by atoms with Crippen LogP contribution in [0.4, 0.5) is 0 Å². The van der Waals surface area contributed by atoms with E-state index in [1.54, 1.807) is 23.1 Å². The van der Waals surface area contributed by atoms with Gasteiger partial charge in [-0.3, -0.25) is 0 Å². The van der Waals surface area contributed by atoms with Gasteiger partial charge in [-0.25, -0.2) is 9.67 Å². The van der Waals surface area contributed by atoms with Gasteiger partial charge in [-0.2, -0.15) is 5.10 Å². The maximum Gasteiger partial charge on any atom is 0.151 e. The molecule has 1 N–H and O–H groups in total. The molecule has 0 saturated heterocycles. The maximum atomic E-state index is 9.18. The molecule has 0 radical (unpaired) electrons. The number of rotatable bonds is 4. The molecule has 1 aromatic carbocycles. The van der Waals surface area contributed by atoms with Crippen LogP contribution in [-0.4, -0.2) is 19.9 Å². The Labute approximate surface area is 94.6 Å². The molecular weight excluding hydrogens is 202 g/mol. The van der Waals surface area contributed by atoms with Crippen molar-refractivity contribution in [1.82, 2.24) is 14.8 Å². The highest BCUT2D eigenvalue weighted by molar-refractivity contribution is 5.35. The van der Waals surface area contributed by atoms with Crippen LogP contribution in [0.1, 0.15) is 25.6 Å². The predicted octanol–water partition coefficient (Wildman–Crippen LogP) is 2.32. The molecule has 0 spiro atoms. The summed E-state index contributed by atoms with van der Waals surface area (Å²) in [5.41, 5.74) is 0.910. The number of hydrogen-bond donors (Lipinski definition) is 1. The minimum Gasteiger partial charge on any atom is -0.508 e. The quantitative estimate of drug-likeness (QED) is 0.855. The Kier molecular flexibility index (Phi) is 3.19. The van der Waals surface area contributed by atoms with Gasteiger partial charge in [0.1, 0.15) is 12.1 Å². The number of unbranched alkanes of at least 4 members (excludes halogenated alkanes) is 1. The minimum atomic E-state index is 0.259. The van der Waals surface area contributed by atoms with Crippen LogP contribution in [-0.2, 0) is 6.42 Å². The highest BCUT2D eigenvalue weighted by atomic mass is 16.3. The zero-order valence-corrected chi connectivity index (χ0v) is 9.30. The fourth-order valence-electron chi connectivity index (χ4n) is 1.48. The molecule has 0 aliphatic heterocycles. The second-order valence-electron chi connectivity index (χ2n) is 3.73. The van der Waals surface area contributed by atoms with Gasteiger partial charge in [-0.1, -0.05) is 13.3 Å². The van der Waals surface area contributed by atoms with E-state index < -0.39 is 0 Å². The Morgan fingerprint density at radius 1 is 1.25 bits per heavy atom. The van der Waals surface area contributed by atoms with Crippen molar-refractivity contribution < 1.29 is 5.11 Å². The van der Waals surface area contributed by atoms with E-state index in [0.717, 1.165) is 30.8 Å². The SMILES string of the molecule is CCCCc1ncn(-c2ccc(O)cc2)n1. The Bertz CT molecular complexity index is 448. The second-order valence-corrected chi connectivity index (χ2v) is 3.73. The largest absolute Gasteiger partial charge is 0.508 e. The van der Waals surface area contributed by atoms with Crippen molar-refractivity contribution in [2.45, 2.75) is 26.2 Å². The zero-order chi connectivity index (χ0) is 11.4. The Hall–Kier alpha value is -1.84. The normalized spacial score (nSPS) is 10.6. The van der Waals surface area contributed by atoms with Gasteiger partial charge in [0.25, 0.3) is 0 Å². The summed E-state index contributed by atoms with van der Waals surface area (Å²) in [6.07, 6.45) is 4.88. The van der Waals surface area contributed by atoms with E-state index in [4.69, 9.17) is 0 Å². The van der Waals surface area contributed by atoms with Crippen molar-refractivity contribution in [1.29, 1.82) is 0 Å². The molecule has 1 aromatic heterocycles. The Morgan fingerprint density at radius 2 is 2.00 bits per heavy atom. The van der Waals surface area contributed by atoms with Crippen LogP contribution >= 0.6 is 0 Å². The molecule has 0 amide bonds. The third-order valence-corrected chi connectivity index (χ3v) is 2.41. The van der Waals surface area contributed by atoms with Gasteiger partial charge < -0.3 is 5.11 Å². The summed E-state index contributed by atoms with van der Waals surface area (Å²) in [6, 6.07) is 6.91. The summed E-state index contributed by atoms with van der Waals surface area (Å²) in [5.74, 6) is 1.13. The lowest BCUT2D eigenvalue weighted by Gasteiger charge is -1.99. The average molecular weight is 217 g/mol. The molecule has 4 nitrogen and oxygen atoms in total. The van der Waals surface area contributed by atoms with Gasteiger partial charge in [0.15, 0.2) is 5.82 Å². The molecule has 4 heteroatoms. The molecule has 0 atom stereocenters. The summed E-state index contributed by atoms with van der Waals surface area (Å²) in [4.78, 5) is 4.24. The summed E-state index contributed by atoms with van der Waals surface area (Å²) < 4.78 is 1.73. The van der Waals surface area contributed by atoms with Gasteiger partial charge in [0.05, 0.1) is 5.69 Å². The first-order valence-electron chi connectivity index (χ1n) is 5.49. The third kappa shape index (κ3) is 2.39. The van der Waals surface area contributed by atoms with Crippen LogP contribution in [0.15, 0.2) is 30.6 Å². The molecule has 0 aliphatic carbocycles. The first-order chi connectivity index (χ1) is 7.79. The standard InChI is InChI=1S/C12H15N3O/c1-2-3-4-12-13-9-15(14-12)10-5-7-11(16)8-6-10/h5-9,16H,2-4H2,1H3. The van der Waals surface area contributed by atoms with Crippen LogP contribution in [0.2, 0.25) is 0 Å². The molecule has 0 fully saturated rings. The van der Waals surface area contributed by atoms with Crippen molar-refractivity contribution in [2.24, 2.45) is 0 Å². The van der Waals surface area contributed by atoms with E-state index >= 15 is 0 Å². The van der Waals surface area contributed by atoms with Crippen LogP contribution in [0.25, 0.3) is 5.69 Å². The van der Waals surface area contributed by atoms with Crippen molar-refractivity contribution in [3.05, 3.63) is 36.4 Å². The van der Waals surface area contributed by atoms with Crippen molar-refractivity contribution >= 4 is 0 Å². The monoisotopic (exact) mass is 217 g/mol. The summed E-state index contributed by atoms with van der Waals surface area (Å²) in [6.45, 7) is 2.15. The van der Waals surface area contributed by atoms with E-state index in [2.05, 4.69) is 17.0 Å². The van der Waals surface area contributed by atoms with Crippen molar-refractivity contribution in [3.8, 4) is 11.4 Å². The third-order valence-electron chi connectivity index (χ3n) is 2.41. The lowest BCUT2D eigenvalue weighted by Crippen LogP contribution is -1.95. The molecule has 2 rings (SSSR count). The van der Waals surface area contributed by atoms with Gasteiger partial charge in [-0.05, 0) is 30.7 Å². The molecule has 0 saturated carbocycles. The van der Waals surface area contributed by atoms with E-state index in [1.807, 2.05) is 12.1 Å². The Morgan fingerprint density at radius 3 is 2.69 bits per heavy atom. The fraction of sp³-hybridized carbons (Fsp3) is 0.333. The first kappa shape index (κ1) is 10.7. The predicted molar refractivity (Wildman–Crippen MR) is 61.6 cm³/mol.